The number of hydrogen-bond donors (Lipinski definition) is 1. The van der Waals surface area contributed by atoms with Gasteiger partial charge in [0.2, 0.25) is 5.88 Å². The Morgan fingerprint density at radius 2 is 2.03 bits per heavy atom. The largest absolute Gasteiger partial charge is 0.474 e. The van der Waals surface area contributed by atoms with Gasteiger partial charge < -0.3 is 9.84 Å². The molecule has 4 rings (SSSR count). The van der Waals surface area contributed by atoms with Crippen LogP contribution in [-0.2, 0) is 12.1 Å². The minimum Gasteiger partial charge on any atom is -0.474 e. The molecule has 2 atom stereocenters. The number of aromatic nitrogens is 4. The Morgan fingerprint density at radius 1 is 1.25 bits per heavy atom. The Labute approximate surface area is 189 Å². The molecule has 0 spiro atoms. The maximum absolute atomic E-state index is 14.7. The van der Waals surface area contributed by atoms with Gasteiger partial charge in [0, 0.05) is 43.0 Å². The van der Waals surface area contributed by atoms with E-state index in [0.29, 0.717) is 36.8 Å². The van der Waals surface area contributed by atoms with Gasteiger partial charge in [-0.3, -0.25) is 4.90 Å². The van der Waals surface area contributed by atoms with Crippen LogP contribution in [0.3, 0.4) is 0 Å². The molecule has 0 bridgehead atoms. The van der Waals surface area contributed by atoms with Crippen LogP contribution in [0.4, 0.5) is 8.78 Å². The van der Waals surface area contributed by atoms with Crippen molar-refractivity contribution in [1.29, 1.82) is 0 Å². The number of nitrogens with zero attached hydrogens (tertiary/aromatic N) is 5. The summed E-state index contributed by atoms with van der Waals surface area (Å²) in [4.78, 5) is 10.2. The molecule has 3 aromatic rings. The summed E-state index contributed by atoms with van der Waals surface area (Å²) in [5.74, 6) is -0.987. The minimum absolute atomic E-state index is 0.0191. The second kappa shape index (κ2) is 9.48. The van der Waals surface area contributed by atoms with Crippen LogP contribution < -0.4 is 4.74 Å². The van der Waals surface area contributed by atoms with Crippen molar-refractivity contribution in [3.63, 3.8) is 0 Å². The SMILES string of the molecule is C[C@@H](N1CCC(Oc2ccc(Cl)cn2)CC1)[C@](O)(Cn1cncn1)c1ccc(F)cc1F. The molecule has 1 aromatic carbocycles. The van der Waals surface area contributed by atoms with Crippen molar-refractivity contribution in [3.05, 3.63) is 71.4 Å². The summed E-state index contributed by atoms with van der Waals surface area (Å²) >= 11 is 5.87. The van der Waals surface area contributed by atoms with Crippen molar-refractivity contribution in [1.82, 2.24) is 24.6 Å². The van der Waals surface area contributed by atoms with Gasteiger partial charge in [0.15, 0.2) is 0 Å². The van der Waals surface area contributed by atoms with Gasteiger partial charge in [0.05, 0.1) is 11.6 Å². The van der Waals surface area contributed by atoms with Gasteiger partial charge in [0.1, 0.15) is 36.0 Å². The van der Waals surface area contributed by atoms with E-state index in [9.17, 15) is 13.9 Å². The lowest BCUT2D eigenvalue weighted by Gasteiger charge is -2.44. The first-order chi connectivity index (χ1) is 15.3. The predicted molar refractivity (Wildman–Crippen MR) is 114 cm³/mol. The van der Waals surface area contributed by atoms with Gasteiger partial charge in [-0.2, -0.15) is 5.10 Å². The van der Waals surface area contributed by atoms with Crippen LogP contribution in [0.15, 0.2) is 49.2 Å². The molecule has 170 valence electrons. The molecule has 0 saturated carbocycles. The van der Waals surface area contributed by atoms with Crippen molar-refractivity contribution in [2.24, 2.45) is 0 Å². The Morgan fingerprint density at radius 3 is 2.66 bits per heavy atom. The fourth-order valence-electron chi connectivity index (χ4n) is 4.13. The standard InChI is InChI=1S/C22H24ClF2N5O2/c1-15(29-8-6-18(7-9-29)32-21-5-2-16(23)11-27-21)22(31,12-30-14-26-13-28-30)19-4-3-17(24)10-20(19)25/h2-5,10-11,13-15,18,31H,6-9,12H2,1H3/t15-,22-/m1/s1. The van der Waals surface area contributed by atoms with Crippen LogP contribution in [0.5, 0.6) is 5.88 Å². The fraction of sp³-hybridized carbons (Fsp3) is 0.409. The molecule has 2 aromatic heterocycles. The third-order valence-corrected chi connectivity index (χ3v) is 6.19. The highest BCUT2D eigenvalue weighted by atomic mass is 35.5. The molecule has 7 nitrogen and oxygen atoms in total. The first-order valence-electron chi connectivity index (χ1n) is 10.4. The van der Waals surface area contributed by atoms with E-state index in [2.05, 4.69) is 20.0 Å². The highest BCUT2D eigenvalue weighted by molar-refractivity contribution is 6.30. The van der Waals surface area contributed by atoms with Crippen LogP contribution in [0, 0.1) is 11.6 Å². The van der Waals surface area contributed by atoms with E-state index in [0.717, 1.165) is 12.1 Å². The third-order valence-electron chi connectivity index (χ3n) is 5.97. The summed E-state index contributed by atoms with van der Waals surface area (Å²) in [7, 11) is 0. The molecule has 1 fully saturated rings. The Kier molecular flexibility index (Phi) is 6.68. The molecular weight excluding hydrogens is 440 g/mol. The van der Waals surface area contributed by atoms with Crippen molar-refractivity contribution < 1.29 is 18.6 Å². The van der Waals surface area contributed by atoms with Crippen molar-refractivity contribution in [2.45, 2.75) is 44.1 Å². The monoisotopic (exact) mass is 463 g/mol. The summed E-state index contributed by atoms with van der Waals surface area (Å²) in [5, 5.41) is 16.3. The molecule has 1 saturated heterocycles. The first kappa shape index (κ1) is 22.6. The van der Waals surface area contributed by atoms with Crippen molar-refractivity contribution >= 4 is 11.6 Å². The Hall–Kier alpha value is -2.62. The number of likely N-dealkylation sites (tertiary alicyclic amines) is 1. The van der Waals surface area contributed by atoms with Gasteiger partial charge in [-0.25, -0.2) is 23.4 Å². The van der Waals surface area contributed by atoms with Crippen LogP contribution >= 0.6 is 11.6 Å². The van der Waals surface area contributed by atoms with Crippen molar-refractivity contribution in [2.75, 3.05) is 13.1 Å². The van der Waals surface area contributed by atoms with Gasteiger partial charge in [-0.05, 0) is 31.9 Å². The molecule has 0 amide bonds. The molecule has 1 aliphatic rings. The average molecular weight is 464 g/mol. The normalized spacial score (nSPS) is 18.3. The lowest BCUT2D eigenvalue weighted by atomic mass is 9.84. The smallest absolute Gasteiger partial charge is 0.213 e. The van der Waals surface area contributed by atoms with E-state index in [1.54, 1.807) is 12.1 Å². The van der Waals surface area contributed by atoms with Crippen molar-refractivity contribution in [3.8, 4) is 5.88 Å². The van der Waals surface area contributed by atoms with E-state index in [1.807, 2.05) is 6.92 Å². The van der Waals surface area contributed by atoms with Crippen LogP contribution in [0.2, 0.25) is 5.02 Å². The molecule has 0 aliphatic carbocycles. The molecule has 1 aliphatic heterocycles. The zero-order valence-electron chi connectivity index (χ0n) is 17.5. The van der Waals surface area contributed by atoms with E-state index >= 15 is 0 Å². The zero-order valence-corrected chi connectivity index (χ0v) is 18.3. The highest BCUT2D eigenvalue weighted by Gasteiger charge is 2.43. The Balaban J connectivity index is 1.50. The molecule has 0 radical (unpaired) electrons. The summed E-state index contributed by atoms with van der Waals surface area (Å²) in [5.41, 5.74) is -1.64. The van der Waals surface area contributed by atoms with Gasteiger partial charge in [-0.1, -0.05) is 17.7 Å². The highest BCUT2D eigenvalue weighted by Crippen LogP contribution is 2.34. The number of piperidine rings is 1. The first-order valence-corrected chi connectivity index (χ1v) is 10.8. The second-order valence-corrected chi connectivity index (χ2v) is 8.42. The summed E-state index contributed by atoms with van der Waals surface area (Å²) in [6.45, 7) is 3.06. The zero-order chi connectivity index (χ0) is 22.7. The van der Waals surface area contributed by atoms with E-state index in [1.165, 1.54) is 29.6 Å². The van der Waals surface area contributed by atoms with Crippen LogP contribution in [0.1, 0.15) is 25.3 Å². The van der Waals surface area contributed by atoms with Crippen LogP contribution in [-0.4, -0.2) is 55.0 Å². The number of pyridine rings is 1. The lowest BCUT2D eigenvalue weighted by Crippen LogP contribution is -2.54. The molecular formula is C22H24ClF2N5O2. The van der Waals surface area contributed by atoms with Gasteiger partial charge in [0.25, 0.3) is 0 Å². The van der Waals surface area contributed by atoms with E-state index < -0.39 is 23.3 Å². The quantitative estimate of drug-likeness (QED) is 0.578. The second-order valence-electron chi connectivity index (χ2n) is 7.99. The maximum Gasteiger partial charge on any atom is 0.213 e. The average Bonchev–Trinajstić information content (AvgIpc) is 3.28. The van der Waals surface area contributed by atoms with Crippen LogP contribution in [0.25, 0.3) is 0 Å². The molecule has 1 N–H and O–H groups in total. The summed E-state index contributed by atoms with van der Waals surface area (Å²) < 4.78 is 35.7. The number of hydrogen-bond acceptors (Lipinski definition) is 6. The van der Waals surface area contributed by atoms with E-state index in [4.69, 9.17) is 16.3 Å². The van der Waals surface area contributed by atoms with Gasteiger partial charge in [-0.15, -0.1) is 0 Å². The minimum atomic E-state index is -1.66. The number of benzene rings is 1. The van der Waals surface area contributed by atoms with E-state index in [-0.39, 0.29) is 18.2 Å². The number of halogens is 3. The Bertz CT molecular complexity index is 1030. The summed E-state index contributed by atoms with van der Waals surface area (Å²) in [6.07, 6.45) is 5.73. The molecule has 10 heteroatoms. The molecule has 3 heterocycles. The number of rotatable bonds is 7. The molecule has 32 heavy (non-hydrogen) atoms. The third kappa shape index (κ3) is 4.90. The van der Waals surface area contributed by atoms with Gasteiger partial charge >= 0.3 is 0 Å². The fourth-order valence-corrected chi connectivity index (χ4v) is 4.24. The lowest BCUT2D eigenvalue weighted by molar-refractivity contribution is -0.0749. The topological polar surface area (TPSA) is 76.3 Å². The predicted octanol–water partition coefficient (Wildman–Crippen LogP) is 3.42. The number of ether oxygens (including phenoxy) is 1. The number of aliphatic hydroxyl groups is 1. The maximum atomic E-state index is 14.7. The summed E-state index contributed by atoms with van der Waals surface area (Å²) in [6, 6.07) is 6.19. The molecule has 0 unspecified atom stereocenters.